The van der Waals surface area contributed by atoms with E-state index in [4.69, 9.17) is 0 Å². The molecule has 0 saturated heterocycles. The van der Waals surface area contributed by atoms with E-state index in [1.165, 1.54) is 92.4 Å². The lowest BCUT2D eigenvalue weighted by atomic mass is 10.00. The van der Waals surface area contributed by atoms with Crippen molar-refractivity contribution in [1.82, 2.24) is 4.57 Å². The summed E-state index contributed by atoms with van der Waals surface area (Å²) in [6, 6.07) is 18.6. The molecule has 0 bridgehead atoms. The van der Waals surface area contributed by atoms with Crippen LogP contribution in [0.2, 0.25) is 0 Å². The minimum Gasteiger partial charge on any atom is -0.337 e. The van der Waals surface area contributed by atoms with Crippen LogP contribution in [0.5, 0.6) is 0 Å². The van der Waals surface area contributed by atoms with Crippen LogP contribution in [0.15, 0.2) is 48.5 Å². The summed E-state index contributed by atoms with van der Waals surface area (Å²) < 4.78 is 2.68. The van der Waals surface area contributed by atoms with Crippen molar-refractivity contribution in [3.8, 4) is 0 Å². The van der Waals surface area contributed by atoms with Gasteiger partial charge in [-0.3, -0.25) is 0 Å². The largest absolute Gasteiger partial charge is 0.337 e. The molecule has 0 saturated carbocycles. The average Bonchev–Trinajstić information content (AvgIpc) is 3.04. The van der Waals surface area contributed by atoms with Gasteiger partial charge in [0.1, 0.15) is 0 Å². The van der Waals surface area contributed by atoms with Crippen molar-refractivity contribution in [1.29, 1.82) is 0 Å². The van der Waals surface area contributed by atoms with Gasteiger partial charge in [-0.1, -0.05) is 108 Å². The summed E-state index contributed by atoms with van der Waals surface area (Å²) >= 11 is 0. The summed E-state index contributed by atoms with van der Waals surface area (Å²) in [5.41, 5.74) is 2.85. The number of rotatable bonds is 12. The van der Waals surface area contributed by atoms with Gasteiger partial charge in [0.25, 0.3) is 0 Å². The third-order valence-electron chi connectivity index (χ3n) is 6.01. The Morgan fingerprint density at radius 2 is 1.04 bits per heavy atom. The number of hydrogen-bond acceptors (Lipinski definition) is 0. The first kappa shape index (κ1) is 20.0. The first-order valence-electron chi connectivity index (χ1n) is 11.3. The number of unbranched alkanes of at least 4 members (excludes halogenated alkanes) is 7. The van der Waals surface area contributed by atoms with Gasteiger partial charge in [0, 0.05) is 27.8 Å². The van der Waals surface area contributed by atoms with Crippen LogP contribution in [0.3, 0.4) is 0 Å². The minimum atomic E-state index is 0.633. The molecule has 27 heavy (non-hydrogen) atoms. The van der Waals surface area contributed by atoms with Crippen LogP contribution in [0, 0.1) is 0 Å². The van der Waals surface area contributed by atoms with E-state index >= 15 is 0 Å². The van der Waals surface area contributed by atoms with Gasteiger partial charge < -0.3 is 4.57 Å². The maximum absolute atomic E-state index is 2.68. The molecule has 2 aromatic carbocycles. The molecule has 146 valence electrons. The number of nitrogens with zero attached hydrogens (tertiary/aromatic N) is 1. The summed E-state index contributed by atoms with van der Waals surface area (Å²) in [5, 5.41) is 2.83. The Bertz CT molecular complexity index is 760. The zero-order valence-electron chi connectivity index (χ0n) is 17.4. The zero-order valence-corrected chi connectivity index (χ0v) is 17.4. The smallest absolute Gasteiger partial charge is 0.0493 e. The van der Waals surface area contributed by atoms with E-state index in [0.29, 0.717) is 6.04 Å². The lowest BCUT2D eigenvalue weighted by Gasteiger charge is -2.22. The van der Waals surface area contributed by atoms with Crippen molar-refractivity contribution < 1.29 is 0 Å². The van der Waals surface area contributed by atoms with Gasteiger partial charge in [0.2, 0.25) is 0 Å². The van der Waals surface area contributed by atoms with Crippen LogP contribution in [-0.2, 0) is 0 Å². The number of para-hydroxylation sites is 2. The summed E-state index contributed by atoms with van der Waals surface area (Å²) in [7, 11) is 0. The van der Waals surface area contributed by atoms with E-state index in [1.54, 1.807) is 0 Å². The van der Waals surface area contributed by atoms with Crippen LogP contribution in [0.4, 0.5) is 0 Å². The first-order chi connectivity index (χ1) is 13.4. The molecule has 0 N–H and O–H groups in total. The highest BCUT2D eigenvalue weighted by atomic mass is 15.0. The van der Waals surface area contributed by atoms with Crippen LogP contribution in [0.1, 0.15) is 90.5 Å². The van der Waals surface area contributed by atoms with Gasteiger partial charge >= 0.3 is 0 Å². The number of fused-ring (bicyclic) bond motifs is 3. The van der Waals surface area contributed by atoms with Crippen LogP contribution < -0.4 is 0 Å². The van der Waals surface area contributed by atoms with E-state index in [9.17, 15) is 0 Å². The second kappa shape index (κ2) is 10.5. The fourth-order valence-electron chi connectivity index (χ4n) is 4.54. The Morgan fingerprint density at radius 3 is 1.56 bits per heavy atom. The molecule has 0 aliphatic heterocycles. The van der Waals surface area contributed by atoms with Crippen molar-refractivity contribution in [3.63, 3.8) is 0 Å². The SMILES string of the molecule is CCCCCCCC(CCCCCC)n1c2ccccc2c2ccccc21. The van der Waals surface area contributed by atoms with Gasteiger partial charge in [-0.05, 0) is 25.0 Å². The third-order valence-corrected chi connectivity index (χ3v) is 6.01. The molecule has 1 nitrogen and oxygen atoms in total. The normalized spacial score (nSPS) is 12.8. The summed E-state index contributed by atoms with van der Waals surface area (Å²) in [6.07, 6.45) is 14.9. The molecule has 0 aliphatic rings. The molecule has 1 atom stereocenters. The Morgan fingerprint density at radius 1 is 0.593 bits per heavy atom. The molecule has 1 heterocycles. The highest BCUT2D eigenvalue weighted by molar-refractivity contribution is 6.08. The molecule has 3 aromatic rings. The van der Waals surface area contributed by atoms with Crippen LogP contribution in [-0.4, -0.2) is 4.57 Å². The highest BCUT2D eigenvalue weighted by Crippen LogP contribution is 2.35. The Hall–Kier alpha value is -1.76. The summed E-state index contributed by atoms with van der Waals surface area (Å²) in [5.74, 6) is 0. The first-order valence-corrected chi connectivity index (χ1v) is 11.3. The van der Waals surface area contributed by atoms with Crippen molar-refractivity contribution >= 4 is 21.8 Å². The standard InChI is InChI=1S/C26H37N/c1-3-5-7-9-11-17-22(16-10-8-6-4-2)27-25-20-14-12-18-23(25)24-19-13-15-21-26(24)27/h12-15,18-22H,3-11,16-17H2,1-2H3. The fourth-order valence-corrected chi connectivity index (χ4v) is 4.54. The second-order valence-electron chi connectivity index (χ2n) is 8.11. The van der Waals surface area contributed by atoms with Gasteiger partial charge in [-0.25, -0.2) is 0 Å². The molecular formula is C26H37N. The number of hydrogen-bond donors (Lipinski definition) is 0. The molecule has 1 heteroatoms. The van der Waals surface area contributed by atoms with E-state index in [2.05, 4.69) is 66.9 Å². The van der Waals surface area contributed by atoms with Crippen molar-refractivity contribution in [2.45, 2.75) is 90.5 Å². The van der Waals surface area contributed by atoms with Gasteiger partial charge in [-0.15, -0.1) is 0 Å². The molecule has 0 fully saturated rings. The van der Waals surface area contributed by atoms with Crippen LogP contribution >= 0.6 is 0 Å². The summed E-state index contributed by atoms with van der Waals surface area (Å²) in [6.45, 7) is 4.60. The van der Waals surface area contributed by atoms with E-state index < -0.39 is 0 Å². The maximum atomic E-state index is 2.68. The molecule has 0 radical (unpaired) electrons. The van der Waals surface area contributed by atoms with Crippen molar-refractivity contribution in [2.24, 2.45) is 0 Å². The molecule has 1 aromatic heterocycles. The van der Waals surface area contributed by atoms with E-state index in [1.807, 2.05) is 0 Å². The van der Waals surface area contributed by atoms with Crippen LogP contribution in [0.25, 0.3) is 21.8 Å². The Balaban J connectivity index is 1.87. The molecule has 0 aliphatic carbocycles. The second-order valence-corrected chi connectivity index (χ2v) is 8.11. The average molecular weight is 364 g/mol. The van der Waals surface area contributed by atoms with Gasteiger partial charge in [-0.2, -0.15) is 0 Å². The topological polar surface area (TPSA) is 4.93 Å². The maximum Gasteiger partial charge on any atom is 0.0493 e. The molecule has 1 unspecified atom stereocenters. The van der Waals surface area contributed by atoms with Crippen molar-refractivity contribution in [3.05, 3.63) is 48.5 Å². The molecular weight excluding hydrogens is 326 g/mol. The third kappa shape index (κ3) is 4.94. The predicted octanol–water partition coefficient (Wildman–Crippen LogP) is 8.67. The molecule has 3 rings (SSSR count). The monoisotopic (exact) mass is 363 g/mol. The predicted molar refractivity (Wildman–Crippen MR) is 121 cm³/mol. The van der Waals surface area contributed by atoms with E-state index in [0.717, 1.165) is 0 Å². The fraction of sp³-hybridized carbons (Fsp3) is 0.538. The zero-order chi connectivity index (χ0) is 18.9. The Kier molecular flexibility index (Phi) is 7.80. The minimum absolute atomic E-state index is 0.633. The Labute approximate surface area is 165 Å². The lowest BCUT2D eigenvalue weighted by Crippen LogP contribution is -2.09. The number of aromatic nitrogens is 1. The van der Waals surface area contributed by atoms with Gasteiger partial charge in [0.05, 0.1) is 0 Å². The van der Waals surface area contributed by atoms with E-state index in [-0.39, 0.29) is 0 Å². The molecule has 0 spiro atoms. The lowest BCUT2D eigenvalue weighted by molar-refractivity contribution is 0.412. The van der Waals surface area contributed by atoms with Crippen molar-refractivity contribution in [2.75, 3.05) is 0 Å². The quantitative estimate of drug-likeness (QED) is 0.284. The summed E-state index contributed by atoms with van der Waals surface area (Å²) in [4.78, 5) is 0. The number of benzene rings is 2. The molecule has 0 amide bonds. The highest BCUT2D eigenvalue weighted by Gasteiger charge is 2.17. The van der Waals surface area contributed by atoms with Gasteiger partial charge in [0.15, 0.2) is 0 Å².